The summed E-state index contributed by atoms with van der Waals surface area (Å²) in [5, 5.41) is 4.44. The monoisotopic (exact) mass is 498 g/mol. The molecule has 0 saturated carbocycles. The second kappa shape index (κ2) is 8.63. The number of aryl methyl sites for hydroxylation is 3. The second-order valence-corrected chi connectivity index (χ2v) is 10.9. The van der Waals surface area contributed by atoms with Crippen molar-refractivity contribution >= 4 is 28.2 Å². The molecule has 4 heteroatoms. The van der Waals surface area contributed by atoms with E-state index in [-0.39, 0.29) is 23.3 Å². The van der Waals surface area contributed by atoms with Crippen LogP contribution in [0.2, 0.25) is 0 Å². The Balaban J connectivity index is 1.52. The van der Waals surface area contributed by atoms with Crippen LogP contribution < -0.4 is 15.6 Å². The third kappa shape index (κ3) is 3.55. The second-order valence-electron chi connectivity index (χ2n) is 10.9. The number of nitrogens with one attached hydrogen (secondary N) is 1. The highest BCUT2D eigenvalue weighted by atomic mass is 16.4. The van der Waals surface area contributed by atoms with Crippen LogP contribution in [0.1, 0.15) is 45.3 Å². The summed E-state index contributed by atoms with van der Waals surface area (Å²) in [5.41, 5.74) is 9.54. The lowest BCUT2D eigenvalue weighted by Crippen LogP contribution is -2.45. The fourth-order valence-electron chi connectivity index (χ4n) is 6.38. The highest BCUT2D eigenvalue weighted by molar-refractivity contribution is 5.82. The van der Waals surface area contributed by atoms with E-state index in [1.165, 1.54) is 22.3 Å². The van der Waals surface area contributed by atoms with Gasteiger partial charge in [-0.15, -0.1) is 0 Å². The number of fused-ring (bicyclic) bond motifs is 5. The van der Waals surface area contributed by atoms with Crippen LogP contribution >= 0.6 is 0 Å². The summed E-state index contributed by atoms with van der Waals surface area (Å²) >= 11 is 0. The van der Waals surface area contributed by atoms with Crippen LogP contribution in [0, 0.1) is 26.7 Å². The summed E-state index contributed by atoms with van der Waals surface area (Å²) < 4.78 is 6.60. The predicted molar refractivity (Wildman–Crippen MR) is 155 cm³/mol. The molecular weight excluding hydrogens is 468 g/mol. The molecule has 4 aromatic carbocycles. The van der Waals surface area contributed by atoms with Gasteiger partial charge in [0.05, 0.1) is 17.0 Å². The highest BCUT2D eigenvalue weighted by Gasteiger charge is 2.46. The quantitative estimate of drug-likeness (QED) is 0.270. The summed E-state index contributed by atoms with van der Waals surface area (Å²) in [5.74, 6) is 0.892. The maximum atomic E-state index is 14.3. The van der Waals surface area contributed by atoms with Gasteiger partial charge in [-0.3, -0.25) is 4.79 Å². The summed E-state index contributed by atoms with van der Waals surface area (Å²) in [4.78, 5) is 16.5. The van der Waals surface area contributed by atoms with Crippen molar-refractivity contribution in [1.82, 2.24) is 0 Å². The van der Waals surface area contributed by atoms with Crippen molar-refractivity contribution < 1.29 is 4.42 Å². The molecule has 7 rings (SSSR count). The van der Waals surface area contributed by atoms with Gasteiger partial charge >= 0.3 is 0 Å². The molecule has 3 atom stereocenters. The lowest BCUT2D eigenvalue weighted by molar-refractivity contribution is 0.367. The first-order valence-corrected chi connectivity index (χ1v) is 13.3. The molecule has 0 radical (unpaired) electrons. The van der Waals surface area contributed by atoms with Gasteiger partial charge in [0.25, 0.3) is 0 Å². The molecule has 4 nitrogen and oxygen atoms in total. The van der Waals surface area contributed by atoms with E-state index in [9.17, 15) is 4.79 Å². The van der Waals surface area contributed by atoms with Crippen LogP contribution in [0.3, 0.4) is 0 Å². The summed E-state index contributed by atoms with van der Waals surface area (Å²) in [6, 6.07) is 31.5. The minimum Gasteiger partial charge on any atom is -0.440 e. The zero-order valence-electron chi connectivity index (χ0n) is 21.9. The van der Waals surface area contributed by atoms with Crippen molar-refractivity contribution in [1.29, 1.82) is 0 Å². The molecule has 0 aliphatic carbocycles. The number of anilines is 3. The van der Waals surface area contributed by atoms with Crippen LogP contribution in [-0.2, 0) is 0 Å². The van der Waals surface area contributed by atoms with Gasteiger partial charge in [-0.25, -0.2) is 0 Å². The van der Waals surface area contributed by atoms with Gasteiger partial charge in [0.15, 0.2) is 5.43 Å². The SMILES string of the molecule is Cc1ccc(N2C[C@H]3[C@H](c4ccccc4)c4cc(C)ccc4N[C@@H]3c3c2oc2ccc(C)cc2c3=O)cc1. The van der Waals surface area contributed by atoms with Gasteiger partial charge in [-0.2, -0.15) is 0 Å². The summed E-state index contributed by atoms with van der Waals surface area (Å²) in [7, 11) is 0. The van der Waals surface area contributed by atoms with Crippen LogP contribution in [0.5, 0.6) is 0 Å². The molecule has 188 valence electrons. The van der Waals surface area contributed by atoms with Crippen molar-refractivity contribution in [3.8, 4) is 0 Å². The van der Waals surface area contributed by atoms with Crippen molar-refractivity contribution in [3.63, 3.8) is 0 Å². The first-order valence-electron chi connectivity index (χ1n) is 13.3. The molecular formula is C34H30N2O2. The Morgan fingerprint density at radius 1 is 0.816 bits per heavy atom. The minimum absolute atomic E-state index is 0.0478. The molecule has 2 aliphatic rings. The Labute approximate surface area is 222 Å². The van der Waals surface area contributed by atoms with E-state index in [1.54, 1.807) is 0 Å². The summed E-state index contributed by atoms with van der Waals surface area (Å²) in [6.45, 7) is 6.98. The maximum Gasteiger partial charge on any atom is 0.209 e. The van der Waals surface area contributed by atoms with Crippen molar-refractivity contribution in [3.05, 3.63) is 135 Å². The number of rotatable bonds is 2. The average molecular weight is 499 g/mol. The topological polar surface area (TPSA) is 45.5 Å². The zero-order valence-corrected chi connectivity index (χ0v) is 21.9. The Morgan fingerprint density at radius 2 is 1.53 bits per heavy atom. The molecule has 5 aromatic rings. The molecule has 0 saturated heterocycles. The highest BCUT2D eigenvalue weighted by Crippen LogP contribution is 2.53. The van der Waals surface area contributed by atoms with Gasteiger partial charge in [-0.05, 0) is 62.2 Å². The van der Waals surface area contributed by atoms with Crippen LogP contribution in [0.15, 0.2) is 100 Å². The Hall–Kier alpha value is -4.31. The third-order valence-corrected chi connectivity index (χ3v) is 8.22. The van der Waals surface area contributed by atoms with E-state index in [2.05, 4.69) is 96.9 Å². The van der Waals surface area contributed by atoms with Crippen molar-refractivity contribution in [2.45, 2.75) is 32.7 Å². The van der Waals surface area contributed by atoms with E-state index in [4.69, 9.17) is 4.42 Å². The van der Waals surface area contributed by atoms with E-state index in [0.717, 1.165) is 23.5 Å². The first kappa shape index (κ1) is 22.9. The number of hydrogen-bond acceptors (Lipinski definition) is 4. The molecule has 3 heterocycles. The lowest BCUT2D eigenvalue weighted by Gasteiger charge is -2.47. The standard InChI is InChI=1S/C34H30N2O2/c1-20-9-13-24(14-10-20)36-19-27-30(23-7-5-4-6-8-23)25-17-21(2)11-15-28(25)35-32(27)31-33(37)26-18-22(3)12-16-29(26)38-34(31)36/h4-18,27,30,32,35H,19H2,1-3H3/t27-,30+,32-/m0/s1. The van der Waals surface area contributed by atoms with Gasteiger partial charge in [0, 0.05) is 29.8 Å². The van der Waals surface area contributed by atoms with E-state index in [1.807, 2.05) is 25.1 Å². The molecule has 1 N–H and O–H groups in total. The van der Waals surface area contributed by atoms with Gasteiger partial charge in [-0.1, -0.05) is 77.4 Å². The fraction of sp³-hybridized carbons (Fsp3) is 0.206. The van der Waals surface area contributed by atoms with Crippen molar-refractivity contribution in [2.24, 2.45) is 5.92 Å². The smallest absolute Gasteiger partial charge is 0.209 e. The number of hydrogen-bond donors (Lipinski definition) is 1. The minimum atomic E-state index is -0.173. The molecule has 38 heavy (non-hydrogen) atoms. The Bertz CT molecular complexity index is 1740. The average Bonchev–Trinajstić information content (AvgIpc) is 2.93. The van der Waals surface area contributed by atoms with Crippen LogP contribution in [0.25, 0.3) is 11.0 Å². The fourth-order valence-corrected chi connectivity index (χ4v) is 6.38. The number of benzene rings is 4. The number of nitrogens with zero attached hydrogens (tertiary/aromatic N) is 1. The summed E-state index contributed by atoms with van der Waals surface area (Å²) in [6.07, 6.45) is 0. The lowest BCUT2D eigenvalue weighted by atomic mass is 9.70. The van der Waals surface area contributed by atoms with Gasteiger partial charge in [0.1, 0.15) is 5.58 Å². The molecule has 0 spiro atoms. The van der Waals surface area contributed by atoms with E-state index >= 15 is 0 Å². The zero-order chi connectivity index (χ0) is 26.0. The molecule has 0 fully saturated rings. The van der Waals surface area contributed by atoms with Crippen LogP contribution in [-0.4, -0.2) is 6.54 Å². The third-order valence-electron chi connectivity index (χ3n) is 8.22. The maximum absolute atomic E-state index is 14.3. The van der Waals surface area contributed by atoms with Crippen LogP contribution in [0.4, 0.5) is 17.3 Å². The van der Waals surface area contributed by atoms with Gasteiger partial charge in [0.2, 0.25) is 5.88 Å². The largest absolute Gasteiger partial charge is 0.440 e. The predicted octanol–water partition coefficient (Wildman–Crippen LogP) is 7.78. The van der Waals surface area contributed by atoms with E-state index < -0.39 is 0 Å². The Kier molecular flexibility index (Phi) is 5.19. The molecule has 2 aliphatic heterocycles. The Morgan fingerprint density at radius 3 is 2.32 bits per heavy atom. The molecule has 0 amide bonds. The normalized spacial score (nSPS) is 19.9. The molecule has 1 aromatic heterocycles. The van der Waals surface area contributed by atoms with E-state index in [0.29, 0.717) is 22.4 Å². The molecule has 0 bridgehead atoms. The van der Waals surface area contributed by atoms with Crippen molar-refractivity contribution in [2.75, 3.05) is 16.8 Å². The first-order chi connectivity index (χ1) is 18.5. The van der Waals surface area contributed by atoms with Gasteiger partial charge < -0.3 is 14.6 Å². The molecule has 0 unspecified atom stereocenters.